The highest BCUT2D eigenvalue weighted by atomic mass is 32.2. The lowest BCUT2D eigenvalue weighted by molar-refractivity contribution is 0.0988. The summed E-state index contributed by atoms with van der Waals surface area (Å²) >= 11 is 0. The van der Waals surface area contributed by atoms with E-state index >= 15 is 0 Å². The first-order valence-electron chi connectivity index (χ1n) is 5.73. The Hall–Kier alpha value is -1.16. The molecule has 0 unspecified atom stereocenters. The Balaban J connectivity index is 2.99. The molecule has 0 radical (unpaired) electrons. The van der Waals surface area contributed by atoms with E-state index in [-0.39, 0.29) is 17.5 Å². The number of Topliss-reactive ketones (excluding diaryl/α,β-unsaturated/α-hetero) is 1. The lowest BCUT2D eigenvalue weighted by atomic mass is 10.1. The van der Waals surface area contributed by atoms with Crippen LogP contribution in [-0.4, -0.2) is 20.0 Å². The van der Waals surface area contributed by atoms with E-state index in [1.807, 2.05) is 13.8 Å². The highest BCUT2D eigenvalue weighted by Crippen LogP contribution is 2.15. The van der Waals surface area contributed by atoms with Crippen LogP contribution in [-0.2, 0) is 9.84 Å². The molecule has 0 amide bonds. The molecule has 0 aromatic heterocycles. The predicted molar refractivity (Wildman–Crippen MR) is 68.0 cm³/mol. The van der Waals surface area contributed by atoms with Crippen LogP contribution in [0.25, 0.3) is 0 Å². The number of hydrogen-bond donors (Lipinski definition) is 0. The molecule has 0 saturated heterocycles. The maximum absolute atomic E-state index is 11.9. The van der Waals surface area contributed by atoms with Gasteiger partial charge in [-0.3, -0.25) is 4.79 Å². The molecule has 4 heteroatoms. The predicted octanol–water partition coefficient (Wildman–Crippen LogP) is 2.71. The fourth-order valence-corrected chi connectivity index (χ4v) is 3.21. The Morgan fingerprint density at radius 2 is 1.71 bits per heavy atom. The molecule has 0 fully saturated rings. The summed E-state index contributed by atoms with van der Waals surface area (Å²) in [5, 5.41) is 0. The molecule has 0 saturated carbocycles. The second-order valence-corrected chi connectivity index (χ2v) is 6.51. The van der Waals surface area contributed by atoms with Crippen LogP contribution >= 0.6 is 0 Å². The number of carbonyl (C=O) groups is 1. The maximum Gasteiger partial charge on any atom is 0.178 e. The van der Waals surface area contributed by atoms with Gasteiger partial charge in [-0.05, 0) is 18.1 Å². The maximum atomic E-state index is 11.9. The Morgan fingerprint density at radius 3 is 2.12 bits per heavy atom. The molecular weight excluding hydrogens is 236 g/mol. The van der Waals surface area contributed by atoms with E-state index in [4.69, 9.17) is 0 Å². The summed E-state index contributed by atoms with van der Waals surface area (Å²) < 4.78 is 23.8. The van der Waals surface area contributed by atoms with Crippen LogP contribution in [0.15, 0.2) is 29.2 Å². The average Bonchev–Trinajstić information content (AvgIpc) is 2.26. The van der Waals surface area contributed by atoms with Crippen LogP contribution in [0.4, 0.5) is 0 Å². The van der Waals surface area contributed by atoms with Crippen molar-refractivity contribution in [1.29, 1.82) is 0 Å². The zero-order chi connectivity index (χ0) is 13.1. The molecule has 94 valence electrons. The van der Waals surface area contributed by atoms with E-state index in [9.17, 15) is 13.2 Å². The third-order valence-corrected chi connectivity index (χ3v) is 4.51. The Bertz CT molecular complexity index is 484. The Morgan fingerprint density at radius 1 is 1.18 bits per heavy atom. The zero-order valence-corrected chi connectivity index (χ0v) is 11.3. The van der Waals surface area contributed by atoms with Crippen molar-refractivity contribution in [1.82, 2.24) is 0 Å². The first-order valence-corrected chi connectivity index (χ1v) is 7.38. The Kier molecular flexibility index (Phi) is 4.46. The van der Waals surface area contributed by atoms with E-state index in [0.29, 0.717) is 16.9 Å². The fraction of sp³-hybridized carbons (Fsp3) is 0.462. The van der Waals surface area contributed by atoms with Crippen LogP contribution < -0.4 is 0 Å². The summed E-state index contributed by atoms with van der Waals surface area (Å²) in [7, 11) is -3.22. The molecule has 0 N–H and O–H groups in total. The smallest absolute Gasteiger partial charge is 0.178 e. The van der Waals surface area contributed by atoms with Crippen molar-refractivity contribution in [3.8, 4) is 0 Å². The minimum atomic E-state index is -3.22. The number of rotatable bonds is 5. The number of sulfone groups is 1. The van der Waals surface area contributed by atoms with Gasteiger partial charge in [0, 0.05) is 12.0 Å². The number of carbonyl (C=O) groups excluding carboxylic acids is 1. The zero-order valence-electron chi connectivity index (χ0n) is 10.4. The van der Waals surface area contributed by atoms with E-state index in [0.717, 1.165) is 0 Å². The molecular formula is C13H18O3S. The monoisotopic (exact) mass is 254 g/mol. The number of ketones is 1. The van der Waals surface area contributed by atoms with Crippen LogP contribution in [0.1, 0.15) is 37.6 Å². The minimum absolute atomic E-state index is 0.0257. The lowest BCUT2D eigenvalue weighted by Crippen LogP contribution is -2.12. The van der Waals surface area contributed by atoms with Crippen molar-refractivity contribution in [3.05, 3.63) is 29.8 Å². The van der Waals surface area contributed by atoms with Crippen molar-refractivity contribution in [3.63, 3.8) is 0 Å². The lowest BCUT2D eigenvalue weighted by Gasteiger charge is -2.07. The molecule has 1 aromatic carbocycles. The second kappa shape index (κ2) is 5.45. The van der Waals surface area contributed by atoms with Crippen LogP contribution in [0.3, 0.4) is 0 Å². The Labute approximate surface area is 103 Å². The summed E-state index contributed by atoms with van der Waals surface area (Å²) in [4.78, 5) is 11.7. The summed E-state index contributed by atoms with van der Waals surface area (Å²) in [5.74, 6) is 0.253. The van der Waals surface area contributed by atoms with Gasteiger partial charge >= 0.3 is 0 Å². The van der Waals surface area contributed by atoms with Crippen LogP contribution in [0, 0.1) is 5.92 Å². The summed E-state index contributed by atoms with van der Waals surface area (Å²) in [6.07, 6.45) is 0.429. The summed E-state index contributed by atoms with van der Waals surface area (Å²) in [6.45, 7) is 5.52. The number of benzene rings is 1. The quantitative estimate of drug-likeness (QED) is 0.759. The van der Waals surface area contributed by atoms with E-state index < -0.39 is 9.84 Å². The standard InChI is InChI=1S/C13H18O3S/c1-4-13(14)11-5-7-12(8-6-11)17(15,16)9-10(2)3/h5-8,10H,4,9H2,1-3H3. The molecule has 0 atom stereocenters. The molecule has 0 aliphatic carbocycles. The molecule has 0 aliphatic heterocycles. The highest BCUT2D eigenvalue weighted by Gasteiger charge is 2.16. The molecule has 3 nitrogen and oxygen atoms in total. The van der Waals surface area contributed by atoms with Crippen molar-refractivity contribution in [2.24, 2.45) is 5.92 Å². The van der Waals surface area contributed by atoms with Crippen LogP contribution in [0.2, 0.25) is 0 Å². The largest absolute Gasteiger partial charge is 0.294 e. The minimum Gasteiger partial charge on any atom is -0.294 e. The second-order valence-electron chi connectivity index (χ2n) is 4.48. The third kappa shape index (κ3) is 3.66. The van der Waals surface area contributed by atoms with Gasteiger partial charge in [-0.25, -0.2) is 8.42 Å². The van der Waals surface area contributed by atoms with Gasteiger partial charge in [-0.2, -0.15) is 0 Å². The van der Waals surface area contributed by atoms with Gasteiger partial charge in [0.2, 0.25) is 0 Å². The van der Waals surface area contributed by atoms with Gasteiger partial charge in [0.25, 0.3) is 0 Å². The first-order chi connectivity index (χ1) is 7.86. The van der Waals surface area contributed by atoms with E-state index in [1.165, 1.54) is 12.1 Å². The summed E-state index contributed by atoms with van der Waals surface area (Å²) in [6, 6.07) is 6.19. The van der Waals surface area contributed by atoms with Gasteiger partial charge in [0.15, 0.2) is 15.6 Å². The molecule has 0 bridgehead atoms. The fourth-order valence-electron chi connectivity index (χ4n) is 1.59. The van der Waals surface area contributed by atoms with E-state index in [1.54, 1.807) is 19.1 Å². The SMILES string of the molecule is CCC(=O)c1ccc(S(=O)(=O)CC(C)C)cc1. The molecule has 1 aromatic rings. The number of hydrogen-bond acceptors (Lipinski definition) is 3. The van der Waals surface area contributed by atoms with Gasteiger partial charge < -0.3 is 0 Å². The van der Waals surface area contributed by atoms with Gasteiger partial charge in [-0.15, -0.1) is 0 Å². The van der Waals surface area contributed by atoms with E-state index in [2.05, 4.69) is 0 Å². The first kappa shape index (κ1) is 13.9. The summed E-state index contributed by atoms with van der Waals surface area (Å²) in [5.41, 5.74) is 0.566. The van der Waals surface area contributed by atoms with Crippen molar-refractivity contribution < 1.29 is 13.2 Å². The van der Waals surface area contributed by atoms with Crippen LogP contribution in [0.5, 0.6) is 0 Å². The molecule has 0 spiro atoms. The highest BCUT2D eigenvalue weighted by molar-refractivity contribution is 7.91. The normalized spacial score (nSPS) is 11.8. The molecule has 0 aliphatic rings. The van der Waals surface area contributed by atoms with Crippen molar-refractivity contribution in [2.45, 2.75) is 32.1 Å². The van der Waals surface area contributed by atoms with Gasteiger partial charge in [0.05, 0.1) is 10.6 Å². The van der Waals surface area contributed by atoms with Gasteiger partial charge in [0.1, 0.15) is 0 Å². The topological polar surface area (TPSA) is 51.2 Å². The molecule has 17 heavy (non-hydrogen) atoms. The third-order valence-electron chi connectivity index (χ3n) is 2.41. The average molecular weight is 254 g/mol. The van der Waals surface area contributed by atoms with Gasteiger partial charge in [-0.1, -0.05) is 32.9 Å². The molecule has 1 rings (SSSR count). The van der Waals surface area contributed by atoms with Crippen molar-refractivity contribution >= 4 is 15.6 Å². The van der Waals surface area contributed by atoms with Crippen molar-refractivity contribution in [2.75, 3.05) is 5.75 Å². The molecule has 0 heterocycles.